The fourth-order valence-electron chi connectivity index (χ4n) is 1.44. The van der Waals surface area contributed by atoms with E-state index >= 15 is 0 Å². The number of aliphatic carboxylic acids is 1. The van der Waals surface area contributed by atoms with Crippen LogP contribution >= 0.6 is 0 Å². The molecule has 1 heterocycles. The number of nitrogens with one attached hydrogen (secondary N) is 3. The van der Waals surface area contributed by atoms with Crippen LogP contribution in [-0.4, -0.2) is 43.8 Å². The van der Waals surface area contributed by atoms with Gasteiger partial charge in [-0.15, -0.1) is 10.2 Å². The van der Waals surface area contributed by atoms with Crippen LogP contribution in [0.5, 0.6) is 0 Å². The van der Waals surface area contributed by atoms with E-state index < -0.39 is 12.0 Å². The Labute approximate surface area is 103 Å². The van der Waals surface area contributed by atoms with E-state index in [1.165, 1.54) is 0 Å². The molecule has 0 saturated heterocycles. The average Bonchev–Trinajstić information content (AvgIpc) is 2.78. The van der Waals surface area contributed by atoms with Crippen LogP contribution in [0.2, 0.25) is 0 Å². The van der Waals surface area contributed by atoms with Crippen molar-refractivity contribution in [2.24, 2.45) is 0 Å². The maximum absolute atomic E-state index is 11.5. The summed E-state index contributed by atoms with van der Waals surface area (Å²) in [5.41, 5.74) is 0. The van der Waals surface area contributed by atoms with E-state index in [4.69, 9.17) is 5.11 Å². The van der Waals surface area contributed by atoms with Gasteiger partial charge in [-0.25, -0.2) is 4.79 Å². The predicted molar refractivity (Wildman–Crippen MR) is 60.5 cm³/mol. The summed E-state index contributed by atoms with van der Waals surface area (Å²) in [5, 5.41) is 26.8. The molecule has 100 valence electrons. The lowest BCUT2D eigenvalue weighted by Gasteiger charge is -2.16. The summed E-state index contributed by atoms with van der Waals surface area (Å²) in [6.07, 6.45) is 1.31. The Hall–Kier alpha value is -2.19. The second-order valence-corrected chi connectivity index (χ2v) is 3.74. The number of H-pyrrole nitrogens is 1. The summed E-state index contributed by atoms with van der Waals surface area (Å²) in [6.45, 7) is 2.06. The Kier molecular flexibility index (Phi) is 5.55. The third-order valence-corrected chi connectivity index (χ3v) is 2.19. The predicted octanol–water partition coefficient (Wildman–Crippen LogP) is -0.358. The number of rotatable bonds is 7. The first-order chi connectivity index (χ1) is 8.61. The second-order valence-electron chi connectivity index (χ2n) is 3.74. The molecule has 0 fully saturated rings. The smallest absolute Gasteiger partial charge is 0.315 e. The van der Waals surface area contributed by atoms with Gasteiger partial charge in [0.1, 0.15) is 0 Å². The lowest BCUT2D eigenvalue weighted by atomic mass is 10.1. The van der Waals surface area contributed by atoms with Gasteiger partial charge in [0, 0.05) is 6.04 Å². The molecule has 9 nitrogen and oxygen atoms in total. The molecule has 1 aromatic rings. The fraction of sp³-hybridized carbons (Fsp3) is 0.667. The lowest BCUT2D eigenvalue weighted by Crippen LogP contribution is -2.42. The summed E-state index contributed by atoms with van der Waals surface area (Å²) < 4.78 is 0. The molecule has 0 saturated carbocycles. The van der Waals surface area contributed by atoms with Crippen LogP contribution in [0, 0.1) is 0 Å². The van der Waals surface area contributed by atoms with E-state index in [0.29, 0.717) is 12.2 Å². The first-order valence-corrected chi connectivity index (χ1v) is 5.60. The molecule has 18 heavy (non-hydrogen) atoms. The Morgan fingerprint density at radius 1 is 1.50 bits per heavy atom. The zero-order valence-corrected chi connectivity index (χ0v) is 10.0. The minimum atomic E-state index is -0.938. The molecule has 0 aliphatic rings. The van der Waals surface area contributed by atoms with Gasteiger partial charge in [-0.2, -0.15) is 5.21 Å². The van der Waals surface area contributed by atoms with Crippen molar-refractivity contribution in [3.05, 3.63) is 5.82 Å². The Morgan fingerprint density at radius 2 is 2.28 bits per heavy atom. The molecule has 0 radical (unpaired) electrons. The van der Waals surface area contributed by atoms with Crippen LogP contribution in [0.1, 0.15) is 32.0 Å². The highest BCUT2D eigenvalue weighted by atomic mass is 16.4. The SMILES string of the molecule is CCCC(CC(=O)O)NC(=O)NCc1nn[nH]n1. The number of carboxylic acids is 1. The molecule has 1 atom stereocenters. The standard InChI is InChI=1S/C9H16N6O3/c1-2-3-6(4-8(16)17)11-9(18)10-5-7-12-14-15-13-7/h6H,2-5H2,1H3,(H,16,17)(H2,10,11,18)(H,12,13,14,15). The zero-order chi connectivity index (χ0) is 13.4. The number of urea groups is 1. The lowest BCUT2D eigenvalue weighted by molar-refractivity contribution is -0.137. The molecule has 4 N–H and O–H groups in total. The molecule has 0 aliphatic heterocycles. The molecule has 0 bridgehead atoms. The minimum Gasteiger partial charge on any atom is -0.481 e. The molecule has 9 heteroatoms. The van der Waals surface area contributed by atoms with Gasteiger partial charge in [0.25, 0.3) is 0 Å². The summed E-state index contributed by atoms with van der Waals surface area (Å²) >= 11 is 0. The number of hydrogen-bond donors (Lipinski definition) is 4. The number of aromatic amines is 1. The highest BCUT2D eigenvalue weighted by molar-refractivity contribution is 5.75. The zero-order valence-electron chi connectivity index (χ0n) is 10.0. The first kappa shape index (κ1) is 13.9. The molecule has 1 unspecified atom stereocenters. The summed E-state index contributed by atoms with van der Waals surface area (Å²) in [7, 11) is 0. The van der Waals surface area contributed by atoms with Gasteiger partial charge in [0.15, 0.2) is 5.82 Å². The van der Waals surface area contributed by atoms with Crippen LogP contribution in [0.3, 0.4) is 0 Å². The van der Waals surface area contributed by atoms with E-state index in [1.807, 2.05) is 6.92 Å². The number of amides is 2. The van der Waals surface area contributed by atoms with Crippen molar-refractivity contribution in [1.29, 1.82) is 0 Å². The van der Waals surface area contributed by atoms with Crippen molar-refractivity contribution in [2.75, 3.05) is 0 Å². The molecule has 2 amide bonds. The van der Waals surface area contributed by atoms with Crippen molar-refractivity contribution < 1.29 is 14.7 Å². The van der Waals surface area contributed by atoms with Crippen molar-refractivity contribution in [1.82, 2.24) is 31.3 Å². The summed E-state index contributed by atoms with van der Waals surface area (Å²) in [4.78, 5) is 22.1. The van der Waals surface area contributed by atoms with Crippen LogP contribution in [-0.2, 0) is 11.3 Å². The molecular weight excluding hydrogens is 240 g/mol. The Morgan fingerprint density at radius 3 is 2.83 bits per heavy atom. The van der Waals surface area contributed by atoms with Crippen LogP contribution in [0.15, 0.2) is 0 Å². The van der Waals surface area contributed by atoms with Gasteiger partial charge in [-0.3, -0.25) is 4.79 Å². The van der Waals surface area contributed by atoms with Crippen LogP contribution in [0.4, 0.5) is 4.79 Å². The highest BCUT2D eigenvalue weighted by Crippen LogP contribution is 2.01. The quantitative estimate of drug-likeness (QED) is 0.526. The Balaban J connectivity index is 2.33. The van der Waals surface area contributed by atoms with E-state index in [-0.39, 0.29) is 19.0 Å². The average molecular weight is 256 g/mol. The number of carbonyl (C=O) groups is 2. The molecule has 0 aromatic carbocycles. The van der Waals surface area contributed by atoms with E-state index in [2.05, 4.69) is 31.3 Å². The molecule has 1 aromatic heterocycles. The van der Waals surface area contributed by atoms with Crippen LogP contribution < -0.4 is 10.6 Å². The van der Waals surface area contributed by atoms with Gasteiger partial charge in [-0.05, 0) is 6.42 Å². The van der Waals surface area contributed by atoms with Crippen molar-refractivity contribution in [3.63, 3.8) is 0 Å². The van der Waals surface area contributed by atoms with Gasteiger partial charge in [-0.1, -0.05) is 18.6 Å². The third-order valence-electron chi connectivity index (χ3n) is 2.19. The van der Waals surface area contributed by atoms with E-state index in [0.717, 1.165) is 6.42 Å². The highest BCUT2D eigenvalue weighted by Gasteiger charge is 2.15. The monoisotopic (exact) mass is 256 g/mol. The topological polar surface area (TPSA) is 133 Å². The third kappa shape index (κ3) is 5.23. The minimum absolute atomic E-state index is 0.0938. The van der Waals surface area contributed by atoms with E-state index in [9.17, 15) is 9.59 Å². The second kappa shape index (κ2) is 7.20. The molecule has 1 rings (SSSR count). The number of carboxylic acid groups (broad SMARTS) is 1. The molecule has 0 aliphatic carbocycles. The maximum Gasteiger partial charge on any atom is 0.315 e. The van der Waals surface area contributed by atoms with Gasteiger partial charge in [0.05, 0.1) is 13.0 Å². The number of hydrogen-bond acceptors (Lipinski definition) is 5. The largest absolute Gasteiger partial charge is 0.481 e. The summed E-state index contributed by atoms with van der Waals surface area (Å²) in [5.74, 6) is -0.581. The van der Waals surface area contributed by atoms with Crippen molar-refractivity contribution >= 4 is 12.0 Å². The van der Waals surface area contributed by atoms with E-state index in [1.54, 1.807) is 0 Å². The number of carbonyl (C=O) groups excluding carboxylic acids is 1. The maximum atomic E-state index is 11.5. The normalized spacial score (nSPS) is 11.8. The summed E-state index contributed by atoms with van der Waals surface area (Å²) in [6, 6.07) is -0.822. The van der Waals surface area contributed by atoms with Crippen molar-refractivity contribution in [3.8, 4) is 0 Å². The number of tetrazole rings is 1. The fourth-order valence-corrected chi connectivity index (χ4v) is 1.44. The molecule has 0 spiro atoms. The van der Waals surface area contributed by atoms with Gasteiger partial charge >= 0.3 is 12.0 Å². The van der Waals surface area contributed by atoms with Crippen molar-refractivity contribution in [2.45, 2.75) is 38.8 Å². The van der Waals surface area contributed by atoms with Crippen LogP contribution in [0.25, 0.3) is 0 Å². The van der Waals surface area contributed by atoms with Gasteiger partial charge < -0.3 is 15.7 Å². The first-order valence-electron chi connectivity index (χ1n) is 5.60. The number of nitrogens with zero attached hydrogens (tertiary/aromatic N) is 3. The Bertz CT molecular complexity index is 380. The molecular formula is C9H16N6O3. The van der Waals surface area contributed by atoms with Gasteiger partial charge in [0.2, 0.25) is 0 Å². The number of aromatic nitrogens is 4.